The van der Waals surface area contributed by atoms with Gasteiger partial charge >= 0.3 is 0 Å². The number of fused-ring (bicyclic) bond motifs is 6. The molecule has 0 saturated heterocycles. The maximum atomic E-state index is 2.45. The van der Waals surface area contributed by atoms with Crippen molar-refractivity contribution in [3.8, 4) is 22.3 Å². The number of rotatable bonds is 5. The van der Waals surface area contributed by atoms with Crippen molar-refractivity contribution in [2.45, 2.75) is 0 Å². The van der Waals surface area contributed by atoms with Gasteiger partial charge in [-0.15, -0.1) is 0 Å². The van der Waals surface area contributed by atoms with E-state index in [9.17, 15) is 0 Å². The molecule has 1 heteroatoms. The van der Waals surface area contributed by atoms with Gasteiger partial charge in [0.05, 0.1) is 11.4 Å². The number of hydrogen-bond donors (Lipinski definition) is 0. The van der Waals surface area contributed by atoms with E-state index in [0.29, 0.717) is 0 Å². The van der Waals surface area contributed by atoms with E-state index >= 15 is 0 Å². The fraction of sp³-hybridized carbons (Fsp3) is 0. The maximum absolute atomic E-state index is 2.45. The molecule has 0 aliphatic heterocycles. The van der Waals surface area contributed by atoms with Gasteiger partial charge in [0.15, 0.2) is 0 Å². The number of benzene rings is 9. The SMILES string of the molecule is c1ccc(-c2ccc(N(c3ccc(-c4ccccc4)c4ccccc34)c3cccc4c3ccc3c5ccccc5ccc43)cc2)cc1. The van der Waals surface area contributed by atoms with Gasteiger partial charge < -0.3 is 4.90 Å². The number of anilines is 3. The van der Waals surface area contributed by atoms with Gasteiger partial charge in [-0.3, -0.25) is 0 Å². The fourth-order valence-electron chi connectivity index (χ4n) is 7.22. The second kappa shape index (κ2) is 11.3. The van der Waals surface area contributed by atoms with Crippen molar-refractivity contribution in [3.05, 3.63) is 188 Å². The van der Waals surface area contributed by atoms with Gasteiger partial charge in [0.25, 0.3) is 0 Å². The Bertz CT molecular complexity index is 2550. The minimum absolute atomic E-state index is 1.12. The van der Waals surface area contributed by atoms with Crippen molar-refractivity contribution in [1.82, 2.24) is 0 Å². The smallest absolute Gasteiger partial charge is 0.0540 e. The summed E-state index contributed by atoms with van der Waals surface area (Å²) in [6.07, 6.45) is 0. The summed E-state index contributed by atoms with van der Waals surface area (Å²) in [7, 11) is 0. The van der Waals surface area contributed by atoms with Crippen LogP contribution in [0, 0.1) is 0 Å². The average molecular weight is 598 g/mol. The average Bonchev–Trinajstić information content (AvgIpc) is 3.16. The number of nitrogens with zero attached hydrogens (tertiary/aromatic N) is 1. The highest BCUT2D eigenvalue weighted by molar-refractivity contribution is 6.20. The highest BCUT2D eigenvalue weighted by Crippen LogP contribution is 2.45. The molecule has 0 N–H and O–H groups in total. The Morgan fingerprint density at radius 1 is 0.255 bits per heavy atom. The molecule has 47 heavy (non-hydrogen) atoms. The lowest BCUT2D eigenvalue weighted by atomic mass is 9.94. The molecule has 0 amide bonds. The van der Waals surface area contributed by atoms with Gasteiger partial charge in [-0.25, -0.2) is 0 Å². The van der Waals surface area contributed by atoms with Crippen LogP contribution in [-0.4, -0.2) is 0 Å². The molecule has 9 rings (SSSR count). The summed E-state index contributed by atoms with van der Waals surface area (Å²) in [5, 5.41) is 10.0. The molecule has 9 aromatic rings. The lowest BCUT2D eigenvalue weighted by Crippen LogP contribution is -2.11. The Labute approximate surface area is 274 Å². The predicted molar refractivity (Wildman–Crippen MR) is 202 cm³/mol. The summed E-state index contributed by atoms with van der Waals surface area (Å²) in [5.74, 6) is 0. The molecule has 1 nitrogen and oxygen atoms in total. The molecular formula is C46H31N. The Morgan fingerprint density at radius 3 is 1.55 bits per heavy atom. The van der Waals surface area contributed by atoms with E-state index in [1.807, 2.05) is 0 Å². The van der Waals surface area contributed by atoms with Crippen LogP contribution in [0.15, 0.2) is 188 Å². The third-order valence-corrected chi connectivity index (χ3v) is 9.46. The van der Waals surface area contributed by atoms with Crippen LogP contribution in [0.1, 0.15) is 0 Å². The summed E-state index contributed by atoms with van der Waals surface area (Å²) in [5.41, 5.74) is 8.30. The van der Waals surface area contributed by atoms with Crippen LogP contribution < -0.4 is 4.90 Å². The van der Waals surface area contributed by atoms with Gasteiger partial charge in [-0.2, -0.15) is 0 Å². The summed E-state index contributed by atoms with van der Waals surface area (Å²) >= 11 is 0. The fourth-order valence-corrected chi connectivity index (χ4v) is 7.22. The first-order valence-corrected chi connectivity index (χ1v) is 16.2. The first-order valence-electron chi connectivity index (χ1n) is 16.2. The minimum atomic E-state index is 1.12. The first kappa shape index (κ1) is 27.2. The molecule has 0 aromatic heterocycles. The molecule has 0 saturated carbocycles. The van der Waals surface area contributed by atoms with Crippen molar-refractivity contribution in [1.29, 1.82) is 0 Å². The Kier molecular flexibility index (Phi) is 6.54. The predicted octanol–water partition coefficient (Wildman–Crippen LogP) is 13.1. The molecule has 0 heterocycles. The molecule has 0 aliphatic carbocycles. The van der Waals surface area contributed by atoms with E-state index in [-0.39, 0.29) is 0 Å². The summed E-state index contributed by atoms with van der Waals surface area (Å²) in [4.78, 5) is 2.45. The van der Waals surface area contributed by atoms with Crippen LogP contribution in [-0.2, 0) is 0 Å². The Balaban J connectivity index is 1.30. The van der Waals surface area contributed by atoms with Crippen LogP contribution in [0.5, 0.6) is 0 Å². The second-order valence-electron chi connectivity index (χ2n) is 12.1. The monoisotopic (exact) mass is 597 g/mol. The summed E-state index contributed by atoms with van der Waals surface area (Å²) < 4.78 is 0. The number of hydrogen-bond acceptors (Lipinski definition) is 1. The van der Waals surface area contributed by atoms with E-state index < -0.39 is 0 Å². The van der Waals surface area contributed by atoms with E-state index in [1.165, 1.54) is 65.3 Å². The van der Waals surface area contributed by atoms with Gasteiger partial charge in [0, 0.05) is 16.5 Å². The molecular weight excluding hydrogens is 567 g/mol. The molecule has 0 fully saturated rings. The zero-order valence-corrected chi connectivity index (χ0v) is 25.8. The van der Waals surface area contributed by atoms with Crippen molar-refractivity contribution in [2.24, 2.45) is 0 Å². The highest BCUT2D eigenvalue weighted by atomic mass is 15.1. The Hall–Kier alpha value is -6.18. The third-order valence-electron chi connectivity index (χ3n) is 9.46. The van der Waals surface area contributed by atoms with E-state index in [0.717, 1.165) is 17.1 Å². The van der Waals surface area contributed by atoms with Gasteiger partial charge in [-0.1, -0.05) is 164 Å². The van der Waals surface area contributed by atoms with Crippen molar-refractivity contribution in [3.63, 3.8) is 0 Å². The molecule has 0 atom stereocenters. The van der Waals surface area contributed by atoms with Crippen molar-refractivity contribution in [2.75, 3.05) is 4.90 Å². The molecule has 0 bridgehead atoms. The second-order valence-corrected chi connectivity index (χ2v) is 12.1. The quantitative estimate of drug-likeness (QED) is 0.178. The van der Waals surface area contributed by atoms with E-state index in [1.54, 1.807) is 0 Å². The van der Waals surface area contributed by atoms with Crippen LogP contribution in [0.4, 0.5) is 17.1 Å². The largest absolute Gasteiger partial charge is 0.309 e. The molecule has 9 aromatic carbocycles. The van der Waals surface area contributed by atoms with Crippen molar-refractivity contribution >= 4 is 60.2 Å². The van der Waals surface area contributed by atoms with Crippen molar-refractivity contribution < 1.29 is 0 Å². The topological polar surface area (TPSA) is 3.24 Å². The van der Waals surface area contributed by atoms with Crippen LogP contribution >= 0.6 is 0 Å². The molecule has 0 unspecified atom stereocenters. The summed E-state index contributed by atoms with van der Waals surface area (Å²) in [6.45, 7) is 0. The molecule has 0 aliphatic rings. The lowest BCUT2D eigenvalue weighted by Gasteiger charge is -2.29. The minimum Gasteiger partial charge on any atom is -0.309 e. The molecule has 0 radical (unpaired) electrons. The normalized spacial score (nSPS) is 11.4. The van der Waals surface area contributed by atoms with Gasteiger partial charge in [0.2, 0.25) is 0 Å². The van der Waals surface area contributed by atoms with Crippen LogP contribution in [0.2, 0.25) is 0 Å². The molecule has 220 valence electrons. The molecule has 0 spiro atoms. The first-order chi connectivity index (χ1) is 23.3. The van der Waals surface area contributed by atoms with E-state index in [4.69, 9.17) is 0 Å². The summed E-state index contributed by atoms with van der Waals surface area (Å²) in [6, 6.07) is 68.2. The van der Waals surface area contributed by atoms with E-state index in [2.05, 4.69) is 193 Å². The van der Waals surface area contributed by atoms with Crippen LogP contribution in [0.3, 0.4) is 0 Å². The lowest BCUT2D eigenvalue weighted by molar-refractivity contribution is 1.31. The third kappa shape index (κ3) is 4.64. The highest BCUT2D eigenvalue weighted by Gasteiger charge is 2.20. The van der Waals surface area contributed by atoms with Crippen LogP contribution in [0.25, 0.3) is 65.3 Å². The maximum Gasteiger partial charge on any atom is 0.0540 e. The zero-order chi connectivity index (χ0) is 31.2. The zero-order valence-electron chi connectivity index (χ0n) is 25.8. The standard InChI is InChI=1S/C46H31N/c1-3-12-32(13-4-1)33-22-25-36(26-23-33)47(46-31-30-38(34-14-5-2-6-15-34)39-18-9-10-19-43(39)46)45-21-11-20-40-42-27-24-35-16-7-8-17-37(35)41(42)28-29-44(40)45/h1-31H. The Morgan fingerprint density at radius 2 is 0.766 bits per heavy atom. The van der Waals surface area contributed by atoms with Gasteiger partial charge in [0.1, 0.15) is 0 Å². The van der Waals surface area contributed by atoms with Gasteiger partial charge in [-0.05, 0) is 78.8 Å².